The standard InChI is InChI=1S/C10H12O2.C2H6/c1-7-3-5-9(6-4-7)8(2)10(11)12;1-2/h3-6,8H,1-2H3,(H,11,12);1-2H3. The summed E-state index contributed by atoms with van der Waals surface area (Å²) in [6, 6.07) is 7.56. The third kappa shape index (κ3) is 3.60. The summed E-state index contributed by atoms with van der Waals surface area (Å²) in [6.07, 6.45) is 0. The fourth-order valence-corrected chi connectivity index (χ4v) is 0.998. The number of carbonyl (C=O) groups is 1. The SMILES string of the molecule is CC.Cc1ccc(C(C)C(=O)O)cc1. The Hall–Kier alpha value is -1.31. The van der Waals surface area contributed by atoms with Crippen LogP contribution in [-0.4, -0.2) is 11.1 Å². The van der Waals surface area contributed by atoms with E-state index < -0.39 is 11.9 Å². The quantitative estimate of drug-likeness (QED) is 0.785. The second kappa shape index (κ2) is 6.19. The van der Waals surface area contributed by atoms with E-state index in [1.807, 2.05) is 45.0 Å². The highest BCUT2D eigenvalue weighted by Crippen LogP contribution is 2.15. The average molecular weight is 194 g/mol. The minimum Gasteiger partial charge on any atom is -0.481 e. The number of carboxylic acids is 1. The van der Waals surface area contributed by atoms with Crippen LogP contribution >= 0.6 is 0 Å². The minimum absolute atomic E-state index is 0.411. The maximum absolute atomic E-state index is 10.6. The first-order valence-corrected chi connectivity index (χ1v) is 4.90. The van der Waals surface area contributed by atoms with Gasteiger partial charge in [-0.2, -0.15) is 0 Å². The van der Waals surface area contributed by atoms with Crippen molar-refractivity contribution in [1.29, 1.82) is 0 Å². The first kappa shape index (κ1) is 12.7. The Morgan fingerprint density at radius 1 is 1.21 bits per heavy atom. The van der Waals surface area contributed by atoms with Crippen molar-refractivity contribution in [2.24, 2.45) is 0 Å². The Morgan fingerprint density at radius 2 is 1.64 bits per heavy atom. The molecule has 0 heterocycles. The topological polar surface area (TPSA) is 37.3 Å². The van der Waals surface area contributed by atoms with Crippen molar-refractivity contribution in [1.82, 2.24) is 0 Å². The summed E-state index contributed by atoms with van der Waals surface area (Å²) in [6.45, 7) is 7.67. The molecule has 1 aromatic rings. The van der Waals surface area contributed by atoms with Gasteiger partial charge in [0.25, 0.3) is 0 Å². The van der Waals surface area contributed by atoms with Gasteiger partial charge in [0, 0.05) is 0 Å². The van der Waals surface area contributed by atoms with Crippen molar-refractivity contribution in [2.75, 3.05) is 0 Å². The molecule has 0 aliphatic heterocycles. The molecule has 1 unspecified atom stereocenters. The van der Waals surface area contributed by atoms with Gasteiger partial charge in [-0.15, -0.1) is 0 Å². The minimum atomic E-state index is -0.779. The van der Waals surface area contributed by atoms with Crippen LogP contribution in [0.15, 0.2) is 24.3 Å². The molecule has 0 saturated carbocycles. The van der Waals surface area contributed by atoms with Crippen LogP contribution in [0.2, 0.25) is 0 Å². The third-order valence-corrected chi connectivity index (χ3v) is 1.95. The van der Waals surface area contributed by atoms with Gasteiger partial charge in [-0.25, -0.2) is 0 Å². The molecule has 2 heteroatoms. The molecule has 0 radical (unpaired) electrons. The maximum Gasteiger partial charge on any atom is 0.310 e. The third-order valence-electron chi connectivity index (χ3n) is 1.95. The highest BCUT2D eigenvalue weighted by Gasteiger charge is 2.12. The molecule has 0 saturated heterocycles. The molecule has 2 nitrogen and oxygen atoms in total. The molecule has 0 aliphatic rings. The average Bonchev–Trinajstić information content (AvgIpc) is 2.21. The van der Waals surface area contributed by atoms with E-state index in [-0.39, 0.29) is 0 Å². The summed E-state index contributed by atoms with van der Waals surface area (Å²) in [4.78, 5) is 10.6. The second-order valence-electron chi connectivity index (χ2n) is 2.97. The van der Waals surface area contributed by atoms with Gasteiger partial charge < -0.3 is 5.11 Å². The molecule has 0 amide bonds. The molecule has 0 bridgehead atoms. The van der Waals surface area contributed by atoms with E-state index in [1.54, 1.807) is 6.92 Å². The van der Waals surface area contributed by atoms with Gasteiger partial charge in [-0.05, 0) is 19.4 Å². The zero-order valence-corrected chi connectivity index (χ0v) is 9.24. The van der Waals surface area contributed by atoms with Crippen molar-refractivity contribution < 1.29 is 9.90 Å². The maximum atomic E-state index is 10.6. The number of rotatable bonds is 2. The molecule has 0 aromatic heterocycles. The second-order valence-corrected chi connectivity index (χ2v) is 2.97. The zero-order valence-electron chi connectivity index (χ0n) is 9.24. The number of aliphatic carboxylic acids is 1. The number of carboxylic acid groups (broad SMARTS) is 1. The van der Waals surface area contributed by atoms with Crippen molar-refractivity contribution in [3.05, 3.63) is 35.4 Å². The Morgan fingerprint density at radius 3 is 2.00 bits per heavy atom. The first-order valence-electron chi connectivity index (χ1n) is 4.90. The largest absolute Gasteiger partial charge is 0.481 e. The molecular weight excluding hydrogens is 176 g/mol. The highest BCUT2D eigenvalue weighted by molar-refractivity contribution is 5.75. The molecule has 0 aliphatic carbocycles. The Kier molecular flexibility index (Phi) is 5.61. The predicted octanol–water partition coefficient (Wildman–Crippen LogP) is 3.21. The lowest BCUT2D eigenvalue weighted by Crippen LogP contribution is -2.06. The number of benzene rings is 1. The van der Waals surface area contributed by atoms with E-state index in [1.165, 1.54) is 0 Å². The number of aryl methyl sites for hydroxylation is 1. The Labute approximate surface area is 85.6 Å². The Balaban J connectivity index is 0.000000791. The summed E-state index contributed by atoms with van der Waals surface area (Å²) in [5.74, 6) is -1.19. The van der Waals surface area contributed by atoms with E-state index in [0.717, 1.165) is 11.1 Å². The van der Waals surface area contributed by atoms with Crippen LogP contribution in [-0.2, 0) is 4.79 Å². The van der Waals surface area contributed by atoms with Gasteiger partial charge >= 0.3 is 5.97 Å². The lowest BCUT2D eigenvalue weighted by Gasteiger charge is -2.05. The van der Waals surface area contributed by atoms with Gasteiger partial charge in [-0.3, -0.25) is 4.79 Å². The first-order chi connectivity index (χ1) is 6.61. The molecule has 14 heavy (non-hydrogen) atoms. The van der Waals surface area contributed by atoms with E-state index >= 15 is 0 Å². The van der Waals surface area contributed by atoms with Gasteiger partial charge in [0.15, 0.2) is 0 Å². The monoisotopic (exact) mass is 194 g/mol. The lowest BCUT2D eigenvalue weighted by atomic mass is 10.0. The van der Waals surface area contributed by atoms with Crippen LogP contribution in [0.1, 0.15) is 37.8 Å². The molecular formula is C12H18O2. The van der Waals surface area contributed by atoms with Crippen LogP contribution in [0.4, 0.5) is 0 Å². The van der Waals surface area contributed by atoms with Crippen molar-refractivity contribution in [3.63, 3.8) is 0 Å². The molecule has 1 N–H and O–H groups in total. The molecule has 0 spiro atoms. The van der Waals surface area contributed by atoms with E-state index in [9.17, 15) is 4.79 Å². The van der Waals surface area contributed by atoms with Gasteiger partial charge in [0.2, 0.25) is 0 Å². The molecule has 0 fully saturated rings. The van der Waals surface area contributed by atoms with E-state index in [0.29, 0.717) is 0 Å². The lowest BCUT2D eigenvalue weighted by molar-refractivity contribution is -0.138. The zero-order chi connectivity index (χ0) is 11.1. The highest BCUT2D eigenvalue weighted by atomic mass is 16.4. The van der Waals surface area contributed by atoms with Crippen molar-refractivity contribution in [3.8, 4) is 0 Å². The summed E-state index contributed by atoms with van der Waals surface area (Å²) in [5.41, 5.74) is 2.00. The predicted molar refractivity (Wildman–Crippen MR) is 58.6 cm³/mol. The van der Waals surface area contributed by atoms with Crippen LogP contribution in [0.25, 0.3) is 0 Å². The smallest absolute Gasteiger partial charge is 0.310 e. The molecule has 1 rings (SSSR count). The molecule has 1 atom stereocenters. The Bertz CT molecular complexity index is 275. The van der Waals surface area contributed by atoms with Crippen molar-refractivity contribution >= 4 is 5.97 Å². The molecule has 78 valence electrons. The van der Waals surface area contributed by atoms with E-state index in [2.05, 4.69) is 0 Å². The molecule has 1 aromatic carbocycles. The normalized spacial score (nSPS) is 11.1. The van der Waals surface area contributed by atoms with Crippen molar-refractivity contribution in [2.45, 2.75) is 33.6 Å². The van der Waals surface area contributed by atoms with E-state index in [4.69, 9.17) is 5.11 Å². The number of hydrogen-bond donors (Lipinski definition) is 1. The van der Waals surface area contributed by atoms with Crippen LogP contribution in [0.3, 0.4) is 0 Å². The van der Waals surface area contributed by atoms with Gasteiger partial charge in [0.1, 0.15) is 0 Å². The van der Waals surface area contributed by atoms with Crippen LogP contribution in [0.5, 0.6) is 0 Å². The summed E-state index contributed by atoms with van der Waals surface area (Å²) in [5, 5.41) is 8.70. The fraction of sp³-hybridized carbons (Fsp3) is 0.417. The van der Waals surface area contributed by atoms with Gasteiger partial charge in [0.05, 0.1) is 5.92 Å². The number of hydrogen-bond acceptors (Lipinski definition) is 1. The van der Waals surface area contributed by atoms with Crippen LogP contribution in [0, 0.1) is 6.92 Å². The fourth-order valence-electron chi connectivity index (χ4n) is 0.998. The summed E-state index contributed by atoms with van der Waals surface area (Å²) in [7, 11) is 0. The summed E-state index contributed by atoms with van der Waals surface area (Å²) >= 11 is 0. The van der Waals surface area contributed by atoms with Gasteiger partial charge in [-0.1, -0.05) is 43.7 Å². The van der Waals surface area contributed by atoms with Crippen LogP contribution < -0.4 is 0 Å². The summed E-state index contributed by atoms with van der Waals surface area (Å²) < 4.78 is 0.